The molecule has 190 valence electrons. The standard InChI is InChI=1S/C25H32ClN3O5S/c1-33-19-8-6-17(7-9-19)4-3-5-24(35(31)32)29-12-10-18(11-13-29)16-28-25(30)20-14-21(26)22(27)15-23(20)34-2/h6-9,14-15,18H,3-5,10-13,16,27H2,1-2H3,(H,28,30). The molecule has 0 aromatic heterocycles. The van der Waals surface area contributed by atoms with Crippen LogP contribution in [0.4, 0.5) is 5.69 Å². The molecule has 1 amide bonds. The van der Waals surface area contributed by atoms with Crippen LogP contribution in [0, 0.1) is 5.92 Å². The highest BCUT2D eigenvalue weighted by Gasteiger charge is 2.24. The van der Waals surface area contributed by atoms with Crippen LogP contribution in [0.1, 0.15) is 41.6 Å². The molecule has 10 heteroatoms. The fourth-order valence-corrected chi connectivity index (χ4v) is 5.09. The third-order valence-electron chi connectivity index (χ3n) is 6.29. The smallest absolute Gasteiger partial charge is 0.255 e. The van der Waals surface area contributed by atoms with Crippen molar-refractivity contribution >= 4 is 38.5 Å². The summed E-state index contributed by atoms with van der Waals surface area (Å²) < 4.78 is 34.2. The van der Waals surface area contributed by atoms with Gasteiger partial charge in [0.1, 0.15) is 16.5 Å². The first kappa shape index (κ1) is 26.8. The number of ether oxygens (including phenoxy) is 2. The van der Waals surface area contributed by atoms with Crippen LogP contribution in [0.25, 0.3) is 0 Å². The Hall–Kier alpha value is -2.75. The molecule has 0 unspecified atom stereocenters. The number of likely N-dealkylation sites (tertiary alicyclic amines) is 1. The SMILES string of the molecule is COc1ccc(CCCC(N2CCC(CNC(=O)c3cc(Cl)c(N)cc3OC)CC2)=S(=O)=O)cc1. The molecule has 3 N–H and O–H groups in total. The van der Waals surface area contributed by atoms with Gasteiger partial charge in [-0.25, -0.2) is 0 Å². The number of carbonyl (C=O) groups excluding carboxylic acids is 1. The lowest BCUT2D eigenvalue weighted by atomic mass is 9.96. The number of benzene rings is 2. The number of aryl methyl sites for hydroxylation is 1. The van der Waals surface area contributed by atoms with E-state index in [-0.39, 0.29) is 11.8 Å². The van der Waals surface area contributed by atoms with Crippen molar-refractivity contribution in [2.45, 2.75) is 32.1 Å². The molecule has 0 spiro atoms. The minimum absolute atomic E-state index is 0.256. The molecular formula is C25H32ClN3O5S. The first-order chi connectivity index (χ1) is 16.8. The summed E-state index contributed by atoms with van der Waals surface area (Å²) in [5.41, 5.74) is 7.61. The summed E-state index contributed by atoms with van der Waals surface area (Å²) in [5.74, 6) is 1.15. The molecule has 0 saturated carbocycles. The number of nitrogen functional groups attached to an aromatic ring is 1. The zero-order valence-electron chi connectivity index (χ0n) is 20.1. The van der Waals surface area contributed by atoms with Crippen molar-refractivity contribution in [2.24, 2.45) is 5.92 Å². The number of carbonyl (C=O) groups is 1. The van der Waals surface area contributed by atoms with Gasteiger partial charge >= 0.3 is 0 Å². The van der Waals surface area contributed by atoms with Gasteiger partial charge in [-0.15, -0.1) is 0 Å². The third-order valence-corrected chi connectivity index (χ3v) is 7.46. The lowest BCUT2D eigenvalue weighted by Crippen LogP contribution is -2.42. The molecule has 1 aliphatic heterocycles. The average molecular weight is 522 g/mol. The number of hydrogen-bond acceptors (Lipinski definition) is 6. The summed E-state index contributed by atoms with van der Waals surface area (Å²) in [7, 11) is 0.848. The fraction of sp³-hybridized carbons (Fsp3) is 0.440. The van der Waals surface area contributed by atoms with Crippen molar-refractivity contribution < 1.29 is 22.7 Å². The molecule has 3 rings (SSSR count). The monoisotopic (exact) mass is 521 g/mol. The second-order valence-corrected chi connectivity index (χ2v) is 9.89. The Morgan fingerprint density at radius 1 is 1.14 bits per heavy atom. The van der Waals surface area contributed by atoms with Crippen LogP contribution < -0.4 is 20.5 Å². The van der Waals surface area contributed by atoms with Gasteiger partial charge in [0.05, 0.1) is 30.5 Å². The molecule has 1 heterocycles. The Kier molecular flexibility index (Phi) is 9.83. The van der Waals surface area contributed by atoms with Crippen molar-refractivity contribution in [1.29, 1.82) is 0 Å². The summed E-state index contributed by atoms with van der Waals surface area (Å²) in [4.78, 5) is 15.1. The van der Waals surface area contributed by atoms with Crippen molar-refractivity contribution in [3.05, 3.63) is 52.5 Å². The van der Waals surface area contributed by atoms with Crippen LogP contribution in [-0.4, -0.2) is 58.1 Å². The van der Waals surface area contributed by atoms with E-state index in [2.05, 4.69) is 5.32 Å². The second kappa shape index (κ2) is 12.8. The summed E-state index contributed by atoms with van der Waals surface area (Å²) in [6.07, 6.45) is 3.63. The van der Waals surface area contributed by atoms with Gasteiger partial charge in [0, 0.05) is 25.7 Å². The van der Waals surface area contributed by atoms with E-state index < -0.39 is 10.3 Å². The van der Waals surface area contributed by atoms with Gasteiger partial charge in [-0.3, -0.25) is 9.69 Å². The molecule has 0 radical (unpaired) electrons. The average Bonchev–Trinajstić information content (AvgIpc) is 2.87. The van der Waals surface area contributed by atoms with E-state index in [0.717, 1.165) is 37.0 Å². The number of methoxy groups -OCH3 is 2. The van der Waals surface area contributed by atoms with Crippen LogP contribution in [-0.2, 0) is 16.7 Å². The molecular weight excluding hydrogens is 490 g/mol. The summed E-state index contributed by atoms with van der Waals surface area (Å²) in [6, 6.07) is 10.9. The van der Waals surface area contributed by atoms with Crippen LogP contribution >= 0.6 is 11.6 Å². The number of hydrogen-bond donors (Lipinski definition) is 2. The summed E-state index contributed by atoms with van der Waals surface area (Å²) >= 11 is 6.07. The predicted molar refractivity (Wildman–Crippen MR) is 139 cm³/mol. The molecule has 2 aromatic rings. The number of nitrogens with one attached hydrogen (secondary N) is 1. The van der Waals surface area contributed by atoms with Crippen molar-refractivity contribution in [3.63, 3.8) is 0 Å². The highest BCUT2D eigenvalue weighted by Crippen LogP contribution is 2.29. The predicted octanol–water partition coefficient (Wildman–Crippen LogP) is 3.41. The van der Waals surface area contributed by atoms with Crippen molar-refractivity contribution in [1.82, 2.24) is 10.2 Å². The zero-order chi connectivity index (χ0) is 25.4. The molecule has 1 aliphatic rings. The van der Waals surface area contributed by atoms with E-state index in [1.165, 1.54) is 19.2 Å². The Balaban J connectivity index is 1.48. The maximum absolute atomic E-state index is 12.7. The third kappa shape index (κ3) is 7.37. The number of anilines is 1. The molecule has 35 heavy (non-hydrogen) atoms. The molecule has 0 bridgehead atoms. The highest BCUT2D eigenvalue weighted by molar-refractivity contribution is 7.72. The van der Waals surface area contributed by atoms with E-state index >= 15 is 0 Å². The van der Waals surface area contributed by atoms with Crippen LogP contribution in [0.2, 0.25) is 5.02 Å². The Morgan fingerprint density at radius 2 is 1.83 bits per heavy atom. The number of halogens is 1. The zero-order valence-corrected chi connectivity index (χ0v) is 21.6. The quantitative estimate of drug-likeness (QED) is 0.384. The van der Waals surface area contributed by atoms with E-state index in [9.17, 15) is 13.2 Å². The molecule has 8 nitrogen and oxygen atoms in total. The number of nitrogens with zero attached hydrogens (tertiary/aromatic N) is 1. The lowest BCUT2D eigenvalue weighted by molar-refractivity contribution is 0.0938. The van der Waals surface area contributed by atoms with Gasteiger partial charge in [0.25, 0.3) is 5.91 Å². The molecule has 0 atom stereocenters. The largest absolute Gasteiger partial charge is 0.497 e. The van der Waals surface area contributed by atoms with E-state index in [1.807, 2.05) is 29.2 Å². The molecule has 1 saturated heterocycles. The first-order valence-electron chi connectivity index (χ1n) is 11.6. The van der Waals surface area contributed by atoms with Crippen molar-refractivity contribution in [3.8, 4) is 11.5 Å². The Morgan fingerprint density at radius 3 is 2.43 bits per heavy atom. The topological polar surface area (TPSA) is 111 Å². The minimum atomic E-state index is -2.25. The van der Waals surface area contributed by atoms with Gasteiger partial charge in [-0.1, -0.05) is 23.7 Å². The minimum Gasteiger partial charge on any atom is -0.497 e. The molecule has 2 aromatic carbocycles. The van der Waals surface area contributed by atoms with Crippen LogP contribution in [0.15, 0.2) is 36.4 Å². The van der Waals surface area contributed by atoms with Crippen LogP contribution in [0.3, 0.4) is 0 Å². The maximum Gasteiger partial charge on any atom is 0.255 e. The summed E-state index contributed by atoms with van der Waals surface area (Å²) in [5, 5.41) is 3.24. The molecule has 0 aliphatic carbocycles. The van der Waals surface area contributed by atoms with Gasteiger partial charge in [-0.2, -0.15) is 8.42 Å². The number of amides is 1. The van der Waals surface area contributed by atoms with E-state index in [1.54, 1.807) is 7.11 Å². The normalized spacial score (nSPS) is 14.4. The summed E-state index contributed by atoms with van der Waals surface area (Å²) in [6.45, 7) is 1.78. The fourth-order valence-electron chi connectivity index (χ4n) is 4.22. The first-order valence-corrected chi connectivity index (χ1v) is 13.0. The van der Waals surface area contributed by atoms with E-state index in [4.69, 9.17) is 26.8 Å². The van der Waals surface area contributed by atoms with E-state index in [0.29, 0.717) is 53.1 Å². The number of rotatable bonds is 9. The van der Waals surface area contributed by atoms with Gasteiger partial charge in [-0.05, 0) is 61.8 Å². The number of nitrogens with two attached hydrogens (primary N) is 1. The highest BCUT2D eigenvalue weighted by atomic mass is 35.5. The van der Waals surface area contributed by atoms with Gasteiger partial charge in [0.15, 0.2) is 0 Å². The Bertz CT molecular complexity index is 1150. The van der Waals surface area contributed by atoms with Crippen molar-refractivity contribution in [2.75, 3.05) is 39.6 Å². The van der Waals surface area contributed by atoms with Gasteiger partial charge < -0.3 is 20.5 Å². The maximum atomic E-state index is 12.7. The number of piperidine rings is 1. The van der Waals surface area contributed by atoms with Crippen LogP contribution in [0.5, 0.6) is 11.5 Å². The Labute approximate surface area is 212 Å². The van der Waals surface area contributed by atoms with Gasteiger partial charge in [0.2, 0.25) is 10.3 Å². The lowest BCUT2D eigenvalue weighted by Gasteiger charge is -2.32. The molecule has 1 fully saturated rings. The second-order valence-electron chi connectivity index (χ2n) is 8.54.